The molecule has 4 heteroatoms. The van der Waals surface area contributed by atoms with Gasteiger partial charge in [0.2, 0.25) is 5.82 Å². The molecule has 0 amide bonds. The van der Waals surface area contributed by atoms with Crippen LogP contribution in [0.2, 0.25) is 0 Å². The molecule has 0 saturated carbocycles. The Morgan fingerprint density at radius 2 is 1.82 bits per heavy atom. The average Bonchev–Trinajstić information content (AvgIpc) is 2.57. The number of para-hydroxylation sites is 1. The van der Waals surface area contributed by atoms with Crippen molar-refractivity contribution < 1.29 is 0 Å². The Morgan fingerprint density at radius 1 is 1.09 bits per heavy atom. The van der Waals surface area contributed by atoms with Crippen molar-refractivity contribution in [3.05, 3.63) is 82.4 Å². The Balaban J connectivity index is 2.03. The van der Waals surface area contributed by atoms with E-state index in [1.54, 1.807) is 16.7 Å². The number of benzene rings is 2. The lowest BCUT2D eigenvalue weighted by molar-refractivity contribution is 0.801. The van der Waals surface area contributed by atoms with Gasteiger partial charge in [-0.05, 0) is 17.7 Å². The van der Waals surface area contributed by atoms with Crippen LogP contribution in [0.3, 0.4) is 0 Å². The number of nitrogens with zero attached hydrogens (tertiary/aromatic N) is 3. The summed E-state index contributed by atoms with van der Waals surface area (Å²) in [5.41, 5.74) is 1.44. The SMILES string of the molecule is N#Cc1nc(=O)c2ccccc2n1C/C=C/c1ccccc1. The molecule has 0 fully saturated rings. The van der Waals surface area contributed by atoms with Gasteiger partial charge >= 0.3 is 0 Å². The first-order valence-corrected chi connectivity index (χ1v) is 6.91. The number of hydrogen-bond donors (Lipinski definition) is 0. The molecule has 0 spiro atoms. The van der Waals surface area contributed by atoms with Crippen molar-refractivity contribution in [2.24, 2.45) is 0 Å². The van der Waals surface area contributed by atoms with Gasteiger partial charge in [0.15, 0.2) is 0 Å². The number of aromatic nitrogens is 2. The molecule has 2 aromatic carbocycles. The molecule has 0 bridgehead atoms. The summed E-state index contributed by atoms with van der Waals surface area (Å²) in [5, 5.41) is 9.75. The maximum atomic E-state index is 11.9. The Hall–Kier alpha value is -3.19. The monoisotopic (exact) mass is 287 g/mol. The summed E-state index contributed by atoms with van der Waals surface area (Å²) >= 11 is 0. The highest BCUT2D eigenvalue weighted by Gasteiger charge is 2.08. The number of allylic oxidation sites excluding steroid dienone is 1. The van der Waals surface area contributed by atoms with Crippen molar-refractivity contribution in [2.45, 2.75) is 6.54 Å². The van der Waals surface area contributed by atoms with Gasteiger partial charge in [0.05, 0.1) is 10.9 Å². The minimum atomic E-state index is -0.365. The van der Waals surface area contributed by atoms with E-state index in [0.717, 1.165) is 11.1 Å². The van der Waals surface area contributed by atoms with Crippen molar-refractivity contribution in [3.63, 3.8) is 0 Å². The van der Waals surface area contributed by atoms with Gasteiger partial charge in [0, 0.05) is 6.54 Å². The third-order valence-electron chi connectivity index (χ3n) is 3.39. The molecule has 4 nitrogen and oxygen atoms in total. The smallest absolute Gasteiger partial charge is 0.281 e. The van der Waals surface area contributed by atoms with E-state index in [0.29, 0.717) is 11.9 Å². The van der Waals surface area contributed by atoms with Gasteiger partial charge in [-0.25, -0.2) is 0 Å². The summed E-state index contributed by atoms with van der Waals surface area (Å²) in [6, 6.07) is 19.1. The number of nitriles is 1. The van der Waals surface area contributed by atoms with Gasteiger partial charge in [-0.3, -0.25) is 4.79 Å². The van der Waals surface area contributed by atoms with E-state index in [2.05, 4.69) is 4.98 Å². The summed E-state index contributed by atoms with van der Waals surface area (Å²) in [6.07, 6.45) is 3.93. The molecule has 106 valence electrons. The topological polar surface area (TPSA) is 58.7 Å². The lowest BCUT2D eigenvalue weighted by Gasteiger charge is -2.09. The molecular weight excluding hydrogens is 274 g/mol. The molecule has 22 heavy (non-hydrogen) atoms. The van der Waals surface area contributed by atoms with Gasteiger partial charge in [-0.15, -0.1) is 0 Å². The van der Waals surface area contributed by atoms with E-state index in [9.17, 15) is 10.1 Å². The first-order valence-electron chi connectivity index (χ1n) is 6.91. The molecule has 0 atom stereocenters. The highest BCUT2D eigenvalue weighted by Crippen LogP contribution is 2.11. The van der Waals surface area contributed by atoms with Gasteiger partial charge < -0.3 is 4.57 Å². The average molecular weight is 287 g/mol. The molecule has 1 heterocycles. The summed E-state index contributed by atoms with van der Waals surface area (Å²) in [5.74, 6) is 0.126. The van der Waals surface area contributed by atoms with Crippen LogP contribution >= 0.6 is 0 Å². The van der Waals surface area contributed by atoms with Crippen molar-refractivity contribution in [2.75, 3.05) is 0 Å². The van der Waals surface area contributed by atoms with Crippen LogP contribution in [0, 0.1) is 11.3 Å². The summed E-state index contributed by atoms with van der Waals surface area (Å²) in [6.45, 7) is 0.478. The normalized spacial score (nSPS) is 10.9. The number of rotatable bonds is 3. The van der Waals surface area contributed by atoms with Gasteiger partial charge in [-0.1, -0.05) is 54.6 Å². The molecule has 3 rings (SSSR count). The standard InChI is InChI=1S/C18H13N3O/c19-13-17-20-18(22)15-10-4-5-11-16(15)21(17)12-6-9-14-7-2-1-3-8-14/h1-11H,12H2/b9-6+. The van der Waals surface area contributed by atoms with Crippen LogP contribution in [0.5, 0.6) is 0 Å². The molecular formula is C18H13N3O. The fraction of sp³-hybridized carbons (Fsp3) is 0.0556. The zero-order valence-electron chi connectivity index (χ0n) is 11.8. The minimum Gasteiger partial charge on any atom is -0.313 e. The van der Waals surface area contributed by atoms with Crippen LogP contribution in [-0.2, 0) is 6.54 Å². The first kappa shape index (κ1) is 13.8. The van der Waals surface area contributed by atoms with Crippen LogP contribution in [-0.4, -0.2) is 9.55 Å². The predicted molar refractivity (Wildman–Crippen MR) is 86.2 cm³/mol. The quantitative estimate of drug-likeness (QED) is 0.744. The minimum absolute atomic E-state index is 0.126. The van der Waals surface area contributed by atoms with Crippen LogP contribution in [0.1, 0.15) is 11.4 Å². The van der Waals surface area contributed by atoms with Gasteiger partial charge in [-0.2, -0.15) is 10.2 Å². The van der Waals surface area contributed by atoms with Crippen LogP contribution < -0.4 is 5.56 Å². The molecule has 0 N–H and O–H groups in total. The molecule has 0 aliphatic carbocycles. The van der Waals surface area contributed by atoms with Crippen LogP contribution in [0.4, 0.5) is 0 Å². The van der Waals surface area contributed by atoms with Crippen molar-refractivity contribution in [1.29, 1.82) is 5.26 Å². The molecule has 0 aliphatic heterocycles. The second-order valence-electron chi connectivity index (χ2n) is 4.79. The largest absolute Gasteiger partial charge is 0.313 e. The van der Waals surface area contributed by atoms with Crippen molar-refractivity contribution >= 4 is 17.0 Å². The number of fused-ring (bicyclic) bond motifs is 1. The lowest BCUT2D eigenvalue weighted by Crippen LogP contribution is -2.16. The fourth-order valence-electron chi connectivity index (χ4n) is 2.35. The van der Waals surface area contributed by atoms with E-state index in [1.165, 1.54) is 0 Å². The van der Waals surface area contributed by atoms with Crippen LogP contribution in [0.25, 0.3) is 17.0 Å². The zero-order valence-corrected chi connectivity index (χ0v) is 11.8. The lowest BCUT2D eigenvalue weighted by atomic mass is 10.2. The molecule has 0 unspecified atom stereocenters. The first-order chi connectivity index (χ1) is 10.8. The van der Waals surface area contributed by atoms with Gasteiger partial charge in [0.1, 0.15) is 6.07 Å². The second kappa shape index (κ2) is 6.06. The predicted octanol–water partition coefficient (Wildman–Crippen LogP) is 2.98. The van der Waals surface area contributed by atoms with E-state index in [1.807, 2.05) is 60.7 Å². The Morgan fingerprint density at radius 3 is 2.59 bits per heavy atom. The zero-order chi connectivity index (χ0) is 15.4. The van der Waals surface area contributed by atoms with Gasteiger partial charge in [0.25, 0.3) is 5.56 Å². The number of hydrogen-bond acceptors (Lipinski definition) is 3. The maximum absolute atomic E-state index is 11.9. The molecule has 3 aromatic rings. The summed E-state index contributed by atoms with van der Waals surface area (Å²) in [7, 11) is 0. The van der Waals surface area contributed by atoms with E-state index in [-0.39, 0.29) is 11.4 Å². The second-order valence-corrected chi connectivity index (χ2v) is 4.79. The highest BCUT2D eigenvalue weighted by molar-refractivity contribution is 5.78. The van der Waals surface area contributed by atoms with E-state index < -0.39 is 0 Å². The molecule has 1 aromatic heterocycles. The van der Waals surface area contributed by atoms with Crippen LogP contribution in [0.15, 0.2) is 65.5 Å². The maximum Gasteiger partial charge on any atom is 0.281 e. The molecule has 0 saturated heterocycles. The third kappa shape index (κ3) is 2.65. The summed E-state index contributed by atoms with van der Waals surface area (Å²) in [4.78, 5) is 15.8. The summed E-state index contributed by atoms with van der Waals surface area (Å²) < 4.78 is 1.75. The molecule has 0 radical (unpaired) electrons. The highest BCUT2D eigenvalue weighted by atomic mass is 16.1. The van der Waals surface area contributed by atoms with Crippen molar-refractivity contribution in [1.82, 2.24) is 9.55 Å². The van der Waals surface area contributed by atoms with E-state index in [4.69, 9.17) is 0 Å². The third-order valence-corrected chi connectivity index (χ3v) is 3.39. The Labute approximate surface area is 127 Å². The van der Waals surface area contributed by atoms with Crippen molar-refractivity contribution in [3.8, 4) is 6.07 Å². The molecule has 0 aliphatic rings. The fourth-order valence-corrected chi connectivity index (χ4v) is 2.35. The van der Waals surface area contributed by atoms with E-state index >= 15 is 0 Å². The Bertz CT molecular complexity index is 934. The Kier molecular flexibility index (Phi) is 3.80.